The number of benzene rings is 2. The normalized spacial score (nSPS) is 18.2. The van der Waals surface area contributed by atoms with Gasteiger partial charge in [-0.2, -0.15) is 0 Å². The van der Waals surface area contributed by atoms with Crippen LogP contribution in [0.2, 0.25) is 0 Å². The Morgan fingerprint density at radius 1 is 1.19 bits per heavy atom. The fraction of sp³-hybridized carbons (Fsp3) is 0.278. The number of hydrogen-bond donors (Lipinski definition) is 1. The minimum atomic E-state index is -0.739. The summed E-state index contributed by atoms with van der Waals surface area (Å²) in [5, 5.41) is 9.53. The predicted molar refractivity (Wildman–Crippen MR) is 82.0 cm³/mol. The van der Waals surface area contributed by atoms with E-state index in [1.165, 1.54) is 16.7 Å². The zero-order valence-corrected chi connectivity index (χ0v) is 12.1. The monoisotopic (exact) mass is 281 g/mol. The molecule has 3 heteroatoms. The molecule has 0 fully saturated rings. The van der Waals surface area contributed by atoms with Crippen LogP contribution in [0.25, 0.3) is 0 Å². The zero-order chi connectivity index (χ0) is 14.8. The summed E-state index contributed by atoms with van der Waals surface area (Å²) in [5.74, 6) is -0.739. The molecule has 0 aliphatic carbocycles. The van der Waals surface area contributed by atoms with Crippen molar-refractivity contribution in [3.8, 4) is 0 Å². The van der Waals surface area contributed by atoms with Crippen LogP contribution in [0.4, 0.5) is 0 Å². The maximum absolute atomic E-state index is 11.6. The molecule has 3 rings (SSSR count). The summed E-state index contributed by atoms with van der Waals surface area (Å²) < 4.78 is 0. The topological polar surface area (TPSA) is 40.5 Å². The van der Waals surface area contributed by atoms with Gasteiger partial charge in [-0.05, 0) is 30.0 Å². The number of aliphatic carboxylic acids is 1. The molecule has 1 aliphatic heterocycles. The van der Waals surface area contributed by atoms with Crippen molar-refractivity contribution >= 4 is 5.97 Å². The lowest BCUT2D eigenvalue weighted by Gasteiger charge is -2.34. The third-order valence-electron chi connectivity index (χ3n) is 4.10. The zero-order valence-electron chi connectivity index (χ0n) is 12.1. The number of rotatable bonds is 3. The molecule has 2 aromatic rings. The molecular weight excluding hydrogens is 262 g/mol. The Balaban J connectivity index is 1.87. The highest BCUT2D eigenvalue weighted by Crippen LogP contribution is 2.25. The highest BCUT2D eigenvalue weighted by molar-refractivity contribution is 5.74. The van der Waals surface area contributed by atoms with E-state index in [9.17, 15) is 9.90 Å². The first kappa shape index (κ1) is 13.8. The minimum absolute atomic E-state index is 0.444. The molecule has 0 amide bonds. The molecule has 1 N–H and O–H groups in total. The van der Waals surface area contributed by atoms with Gasteiger partial charge in [0, 0.05) is 13.1 Å². The minimum Gasteiger partial charge on any atom is -0.480 e. The molecule has 108 valence electrons. The molecule has 0 unspecified atom stereocenters. The maximum Gasteiger partial charge on any atom is 0.321 e. The van der Waals surface area contributed by atoms with Gasteiger partial charge in [-0.25, -0.2) is 0 Å². The van der Waals surface area contributed by atoms with E-state index in [0.717, 1.165) is 5.56 Å². The van der Waals surface area contributed by atoms with Crippen molar-refractivity contribution < 1.29 is 9.90 Å². The third kappa shape index (κ3) is 2.98. The van der Waals surface area contributed by atoms with Crippen LogP contribution >= 0.6 is 0 Å². The summed E-state index contributed by atoms with van der Waals surface area (Å²) in [6.45, 7) is 3.43. The molecule has 2 aromatic carbocycles. The van der Waals surface area contributed by atoms with Gasteiger partial charge in [0.25, 0.3) is 0 Å². The Bertz CT molecular complexity index is 666. The molecule has 0 radical (unpaired) electrons. The van der Waals surface area contributed by atoms with Gasteiger partial charge in [0.05, 0.1) is 0 Å². The fourth-order valence-corrected chi connectivity index (χ4v) is 3.03. The average molecular weight is 281 g/mol. The maximum atomic E-state index is 11.6. The summed E-state index contributed by atoms with van der Waals surface area (Å²) in [5.41, 5.74) is 4.77. The third-order valence-corrected chi connectivity index (χ3v) is 4.10. The summed E-state index contributed by atoms with van der Waals surface area (Å²) >= 11 is 0. The number of carboxylic acid groups (broad SMARTS) is 1. The Labute approximate surface area is 124 Å². The number of carboxylic acids is 1. The molecule has 0 saturated carbocycles. The van der Waals surface area contributed by atoms with E-state index in [2.05, 4.69) is 36.1 Å². The molecule has 0 saturated heterocycles. The van der Waals surface area contributed by atoms with Crippen molar-refractivity contribution in [3.63, 3.8) is 0 Å². The summed E-state index contributed by atoms with van der Waals surface area (Å²) in [6, 6.07) is 16.0. The predicted octanol–water partition coefficient (Wildman–Crippen LogP) is 3.01. The Morgan fingerprint density at radius 2 is 1.95 bits per heavy atom. The van der Waals surface area contributed by atoms with Crippen LogP contribution in [0.1, 0.15) is 22.3 Å². The van der Waals surface area contributed by atoms with Gasteiger partial charge in [0.1, 0.15) is 6.04 Å². The molecule has 0 aromatic heterocycles. The van der Waals surface area contributed by atoms with Gasteiger partial charge < -0.3 is 5.11 Å². The second kappa shape index (κ2) is 5.70. The lowest BCUT2D eigenvalue weighted by atomic mass is 9.93. The van der Waals surface area contributed by atoms with Crippen LogP contribution < -0.4 is 0 Å². The largest absolute Gasteiger partial charge is 0.480 e. The van der Waals surface area contributed by atoms with E-state index in [4.69, 9.17) is 0 Å². The van der Waals surface area contributed by atoms with Gasteiger partial charge in [-0.3, -0.25) is 9.69 Å². The molecule has 0 bridgehead atoms. The lowest BCUT2D eigenvalue weighted by Crippen LogP contribution is -2.45. The van der Waals surface area contributed by atoms with Crippen LogP contribution in [0.15, 0.2) is 48.5 Å². The lowest BCUT2D eigenvalue weighted by molar-refractivity contribution is -0.144. The van der Waals surface area contributed by atoms with Crippen molar-refractivity contribution in [2.45, 2.75) is 32.5 Å². The van der Waals surface area contributed by atoms with Crippen LogP contribution in [0, 0.1) is 6.92 Å². The van der Waals surface area contributed by atoms with E-state index in [1.807, 2.05) is 24.3 Å². The number of fused-ring (bicyclic) bond motifs is 1. The molecule has 0 spiro atoms. The van der Waals surface area contributed by atoms with Gasteiger partial charge in [0.15, 0.2) is 0 Å². The first-order chi connectivity index (χ1) is 10.1. The van der Waals surface area contributed by atoms with Gasteiger partial charge >= 0.3 is 5.97 Å². The van der Waals surface area contributed by atoms with Gasteiger partial charge in [-0.15, -0.1) is 0 Å². The van der Waals surface area contributed by atoms with E-state index in [1.54, 1.807) is 0 Å². The van der Waals surface area contributed by atoms with Crippen LogP contribution in [-0.2, 0) is 24.3 Å². The molecule has 1 atom stereocenters. The second-order valence-electron chi connectivity index (χ2n) is 5.72. The first-order valence-corrected chi connectivity index (χ1v) is 7.22. The number of carbonyl (C=O) groups is 1. The van der Waals surface area contributed by atoms with Crippen molar-refractivity contribution in [2.75, 3.05) is 0 Å². The highest BCUT2D eigenvalue weighted by atomic mass is 16.4. The smallest absolute Gasteiger partial charge is 0.321 e. The van der Waals surface area contributed by atoms with Crippen molar-refractivity contribution in [3.05, 3.63) is 70.8 Å². The Morgan fingerprint density at radius 3 is 2.67 bits per heavy atom. The van der Waals surface area contributed by atoms with E-state index in [-0.39, 0.29) is 0 Å². The molecule has 21 heavy (non-hydrogen) atoms. The van der Waals surface area contributed by atoms with Crippen molar-refractivity contribution in [1.82, 2.24) is 4.90 Å². The summed E-state index contributed by atoms with van der Waals surface area (Å²) in [7, 11) is 0. The highest BCUT2D eigenvalue weighted by Gasteiger charge is 2.31. The van der Waals surface area contributed by atoms with Gasteiger partial charge in [0.2, 0.25) is 0 Å². The first-order valence-electron chi connectivity index (χ1n) is 7.22. The molecular formula is C18H19NO2. The molecule has 3 nitrogen and oxygen atoms in total. The van der Waals surface area contributed by atoms with E-state index < -0.39 is 12.0 Å². The number of aryl methyl sites for hydroxylation is 1. The summed E-state index contributed by atoms with van der Waals surface area (Å²) in [4.78, 5) is 13.6. The standard InChI is InChI=1S/C18H19NO2/c1-13-5-4-6-14(9-13)11-19-12-16-8-3-2-7-15(16)10-17(19)18(20)21/h2-9,17H,10-12H2,1H3,(H,20,21)/t17-/m0/s1. The van der Waals surface area contributed by atoms with Crippen LogP contribution in [0.3, 0.4) is 0 Å². The quantitative estimate of drug-likeness (QED) is 0.940. The van der Waals surface area contributed by atoms with Crippen molar-refractivity contribution in [1.29, 1.82) is 0 Å². The molecule has 1 aliphatic rings. The fourth-order valence-electron chi connectivity index (χ4n) is 3.03. The second-order valence-corrected chi connectivity index (χ2v) is 5.72. The van der Waals surface area contributed by atoms with E-state index in [0.29, 0.717) is 19.5 Å². The van der Waals surface area contributed by atoms with E-state index >= 15 is 0 Å². The number of nitrogens with zero attached hydrogens (tertiary/aromatic N) is 1. The number of hydrogen-bond acceptors (Lipinski definition) is 2. The van der Waals surface area contributed by atoms with Crippen LogP contribution in [-0.4, -0.2) is 22.0 Å². The van der Waals surface area contributed by atoms with Crippen LogP contribution in [0.5, 0.6) is 0 Å². The average Bonchev–Trinajstić information content (AvgIpc) is 2.46. The van der Waals surface area contributed by atoms with Gasteiger partial charge in [-0.1, -0.05) is 54.1 Å². The Hall–Kier alpha value is -2.13. The Kier molecular flexibility index (Phi) is 3.76. The SMILES string of the molecule is Cc1cccc(CN2Cc3ccccc3C[C@H]2C(=O)O)c1. The molecule has 1 heterocycles. The summed E-state index contributed by atoms with van der Waals surface area (Å²) in [6.07, 6.45) is 0.581. The van der Waals surface area contributed by atoms with Crippen molar-refractivity contribution in [2.24, 2.45) is 0 Å².